The van der Waals surface area contributed by atoms with E-state index < -0.39 is 0 Å². The molecular weight excluding hydrogens is 309 g/mol. The largest absolute Gasteiger partial charge is 0.271 e. The van der Waals surface area contributed by atoms with Crippen LogP contribution in [0, 0.1) is 12.7 Å². The van der Waals surface area contributed by atoms with E-state index in [4.69, 9.17) is 5.84 Å². The molecule has 1 heterocycles. The van der Waals surface area contributed by atoms with Crippen molar-refractivity contribution in [3.8, 4) is 0 Å². The van der Waals surface area contributed by atoms with Crippen molar-refractivity contribution in [3.63, 3.8) is 0 Å². The van der Waals surface area contributed by atoms with Crippen molar-refractivity contribution >= 4 is 15.9 Å². The molecule has 0 aliphatic carbocycles. The molecule has 0 amide bonds. The Balaban J connectivity index is 2.24. The number of hydrogen-bond acceptors (Lipinski definition) is 3. The first-order chi connectivity index (χ1) is 9.11. The Labute approximate surface area is 120 Å². The highest BCUT2D eigenvalue weighted by Gasteiger charge is 2.14. The van der Waals surface area contributed by atoms with Gasteiger partial charge >= 0.3 is 0 Å². The van der Waals surface area contributed by atoms with Gasteiger partial charge in [-0.2, -0.15) is 0 Å². The molecule has 1 atom stereocenters. The second-order valence-electron chi connectivity index (χ2n) is 4.37. The zero-order valence-electron chi connectivity index (χ0n) is 10.5. The van der Waals surface area contributed by atoms with Crippen molar-refractivity contribution in [1.29, 1.82) is 0 Å². The van der Waals surface area contributed by atoms with Gasteiger partial charge in [0.2, 0.25) is 0 Å². The third-order valence-corrected chi connectivity index (χ3v) is 3.88. The van der Waals surface area contributed by atoms with E-state index in [1.807, 2.05) is 25.1 Å². The summed E-state index contributed by atoms with van der Waals surface area (Å²) in [5.74, 6) is 5.32. The van der Waals surface area contributed by atoms with Crippen LogP contribution >= 0.6 is 15.9 Å². The van der Waals surface area contributed by atoms with Crippen LogP contribution in [-0.4, -0.2) is 4.98 Å². The summed E-state index contributed by atoms with van der Waals surface area (Å²) in [7, 11) is 0. The van der Waals surface area contributed by atoms with Gasteiger partial charge in [-0.25, -0.2) is 4.39 Å². The number of benzene rings is 1. The fourth-order valence-electron chi connectivity index (χ4n) is 1.88. The molecule has 0 saturated carbocycles. The van der Waals surface area contributed by atoms with Gasteiger partial charge in [-0.3, -0.25) is 16.3 Å². The molecule has 2 aromatic rings. The molecule has 0 saturated heterocycles. The van der Waals surface area contributed by atoms with Crippen molar-refractivity contribution in [1.82, 2.24) is 10.4 Å². The summed E-state index contributed by atoms with van der Waals surface area (Å²) in [6.07, 6.45) is 2.37. The van der Waals surface area contributed by atoms with E-state index in [-0.39, 0.29) is 11.9 Å². The predicted molar refractivity (Wildman–Crippen MR) is 76.8 cm³/mol. The lowest BCUT2D eigenvalue weighted by Gasteiger charge is -2.17. The number of nitrogens with one attached hydrogen (secondary N) is 1. The van der Waals surface area contributed by atoms with Crippen molar-refractivity contribution in [2.75, 3.05) is 0 Å². The lowest BCUT2D eigenvalue weighted by molar-refractivity contribution is 0.545. The Kier molecular flexibility index (Phi) is 4.63. The van der Waals surface area contributed by atoms with Crippen LogP contribution in [-0.2, 0) is 6.42 Å². The zero-order chi connectivity index (χ0) is 13.8. The standard InChI is InChI=1S/C14H15BrFN3/c1-9-5-6-11(8-18-9)13(19-17)7-10-3-2-4-12(16)14(10)15/h2-6,8,13,19H,7,17H2,1H3. The third-order valence-electron chi connectivity index (χ3n) is 2.99. The SMILES string of the molecule is Cc1ccc(C(Cc2cccc(F)c2Br)NN)cn1. The first-order valence-electron chi connectivity index (χ1n) is 5.93. The second kappa shape index (κ2) is 6.23. The minimum atomic E-state index is -0.268. The van der Waals surface area contributed by atoms with Crippen molar-refractivity contribution in [3.05, 3.63) is 63.6 Å². The summed E-state index contributed by atoms with van der Waals surface area (Å²) in [6.45, 7) is 1.93. The average molecular weight is 324 g/mol. The van der Waals surface area contributed by atoms with E-state index in [1.165, 1.54) is 6.07 Å². The molecule has 5 heteroatoms. The molecule has 1 aromatic heterocycles. The van der Waals surface area contributed by atoms with Crippen LogP contribution in [0.25, 0.3) is 0 Å². The number of hydrazine groups is 1. The van der Waals surface area contributed by atoms with Crippen LogP contribution < -0.4 is 11.3 Å². The minimum absolute atomic E-state index is 0.105. The Bertz CT molecular complexity index is 557. The number of aromatic nitrogens is 1. The van der Waals surface area contributed by atoms with Crippen molar-refractivity contribution < 1.29 is 4.39 Å². The molecule has 0 radical (unpaired) electrons. The maximum atomic E-state index is 13.5. The smallest absolute Gasteiger partial charge is 0.137 e. The Hall–Kier alpha value is -1.30. The van der Waals surface area contributed by atoms with Crippen LogP contribution in [0.5, 0.6) is 0 Å². The summed E-state index contributed by atoms with van der Waals surface area (Å²) in [6, 6.07) is 8.79. The number of pyridine rings is 1. The maximum Gasteiger partial charge on any atom is 0.137 e. The van der Waals surface area contributed by atoms with E-state index in [1.54, 1.807) is 12.3 Å². The summed E-state index contributed by atoms with van der Waals surface area (Å²) < 4.78 is 14.0. The first-order valence-corrected chi connectivity index (χ1v) is 6.72. The molecule has 2 rings (SSSR count). The molecular formula is C14H15BrFN3. The molecule has 0 aliphatic heterocycles. The Morgan fingerprint density at radius 1 is 1.37 bits per heavy atom. The van der Waals surface area contributed by atoms with Gasteiger partial charge in [0.15, 0.2) is 0 Å². The highest BCUT2D eigenvalue weighted by Crippen LogP contribution is 2.25. The zero-order valence-corrected chi connectivity index (χ0v) is 12.1. The van der Waals surface area contributed by atoms with Gasteiger partial charge in [-0.1, -0.05) is 18.2 Å². The van der Waals surface area contributed by atoms with Gasteiger partial charge in [0.05, 0.1) is 10.5 Å². The number of nitrogens with zero attached hydrogens (tertiary/aromatic N) is 1. The average Bonchev–Trinajstić information content (AvgIpc) is 2.42. The molecule has 1 unspecified atom stereocenters. The predicted octanol–water partition coefficient (Wildman–Crippen LogP) is 3.04. The van der Waals surface area contributed by atoms with Gasteiger partial charge in [0.25, 0.3) is 0 Å². The fourth-order valence-corrected chi connectivity index (χ4v) is 2.31. The number of hydrogen-bond donors (Lipinski definition) is 2. The lowest BCUT2D eigenvalue weighted by atomic mass is 10.0. The molecule has 100 valence electrons. The normalized spacial score (nSPS) is 12.4. The quantitative estimate of drug-likeness (QED) is 0.671. The number of aryl methyl sites for hydroxylation is 1. The first kappa shape index (κ1) is 14.1. The Morgan fingerprint density at radius 3 is 2.79 bits per heavy atom. The molecule has 0 bridgehead atoms. The topological polar surface area (TPSA) is 50.9 Å². The van der Waals surface area contributed by atoms with Crippen LogP contribution in [0.4, 0.5) is 4.39 Å². The van der Waals surface area contributed by atoms with Gasteiger partial charge in [0.1, 0.15) is 5.82 Å². The number of halogens is 2. The van der Waals surface area contributed by atoms with E-state index >= 15 is 0 Å². The van der Waals surface area contributed by atoms with Gasteiger partial charge in [0, 0.05) is 11.9 Å². The van der Waals surface area contributed by atoms with Gasteiger partial charge in [-0.05, 0) is 52.5 Å². The summed E-state index contributed by atoms with van der Waals surface area (Å²) >= 11 is 3.26. The molecule has 0 spiro atoms. The fraction of sp³-hybridized carbons (Fsp3) is 0.214. The van der Waals surface area contributed by atoms with Crippen LogP contribution in [0.15, 0.2) is 41.0 Å². The molecule has 19 heavy (non-hydrogen) atoms. The monoisotopic (exact) mass is 323 g/mol. The minimum Gasteiger partial charge on any atom is -0.271 e. The molecule has 3 nitrogen and oxygen atoms in total. The molecule has 3 N–H and O–H groups in total. The Morgan fingerprint density at radius 2 is 2.16 bits per heavy atom. The van der Waals surface area contributed by atoms with Crippen molar-refractivity contribution in [2.45, 2.75) is 19.4 Å². The third kappa shape index (κ3) is 3.37. The summed E-state index contributed by atoms with van der Waals surface area (Å²) in [5.41, 5.74) is 5.54. The summed E-state index contributed by atoms with van der Waals surface area (Å²) in [4.78, 5) is 4.25. The highest BCUT2D eigenvalue weighted by atomic mass is 79.9. The molecule has 0 fully saturated rings. The highest BCUT2D eigenvalue weighted by molar-refractivity contribution is 9.10. The summed E-state index contributed by atoms with van der Waals surface area (Å²) in [5, 5.41) is 0. The van der Waals surface area contributed by atoms with Gasteiger partial charge < -0.3 is 0 Å². The maximum absolute atomic E-state index is 13.5. The van der Waals surface area contributed by atoms with Crippen LogP contribution in [0.2, 0.25) is 0 Å². The van der Waals surface area contributed by atoms with E-state index in [0.717, 1.165) is 16.8 Å². The lowest BCUT2D eigenvalue weighted by Crippen LogP contribution is -2.29. The molecule has 1 aromatic carbocycles. The number of nitrogens with two attached hydrogens (primary N) is 1. The van der Waals surface area contributed by atoms with Crippen LogP contribution in [0.1, 0.15) is 22.9 Å². The van der Waals surface area contributed by atoms with E-state index in [0.29, 0.717) is 10.9 Å². The van der Waals surface area contributed by atoms with E-state index in [9.17, 15) is 4.39 Å². The van der Waals surface area contributed by atoms with Gasteiger partial charge in [-0.15, -0.1) is 0 Å². The van der Waals surface area contributed by atoms with Crippen LogP contribution in [0.3, 0.4) is 0 Å². The van der Waals surface area contributed by atoms with Crippen molar-refractivity contribution in [2.24, 2.45) is 5.84 Å². The van der Waals surface area contributed by atoms with E-state index in [2.05, 4.69) is 26.3 Å². The second-order valence-corrected chi connectivity index (χ2v) is 5.16. The molecule has 0 aliphatic rings. The number of rotatable bonds is 4.